The van der Waals surface area contributed by atoms with Crippen LogP contribution in [0.25, 0.3) is 0 Å². The van der Waals surface area contributed by atoms with Gasteiger partial charge >= 0.3 is 6.18 Å². The first-order valence-electron chi connectivity index (χ1n) is 7.61. The minimum absolute atomic E-state index is 0.0151. The molecule has 1 aromatic rings. The Morgan fingerprint density at radius 2 is 1.77 bits per heavy atom. The number of nitrogens with one attached hydrogen (secondary N) is 1. The average Bonchev–Trinajstić information content (AvgIpc) is 3.32. The first-order chi connectivity index (χ1) is 10.4. The molecule has 1 amide bonds. The van der Waals surface area contributed by atoms with Crippen LogP contribution in [0.5, 0.6) is 0 Å². The number of alkyl halides is 3. The molecule has 0 atom stereocenters. The number of benzene rings is 1. The average molecular weight is 312 g/mol. The number of halogens is 3. The van der Waals surface area contributed by atoms with Gasteiger partial charge in [-0.25, -0.2) is 0 Å². The van der Waals surface area contributed by atoms with Crippen LogP contribution in [0.1, 0.15) is 36.8 Å². The molecule has 0 aromatic heterocycles. The third-order valence-corrected chi connectivity index (χ3v) is 4.02. The molecule has 3 rings (SSSR count). The second-order valence-corrected chi connectivity index (χ2v) is 6.17. The van der Waals surface area contributed by atoms with Crippen LogP contribution in [0.2, 0.25) is 0 Å². The SMILES string of the molecule is O=C(CN(Cc1ccc(C(F)(F)F)cc1)C1CC1)NC1CC1. The molecular formula is C16H19F3N2O. The normalized spacial score (nSPS) is 18.5. The fourth-order valence-electron chi connectivity index (χ4n) is 2.47. The molecule has 0 saturated heterocycles. The Balaban J connectivity index is 1.59. The summed E-state index contributed by atoms with van der Waals surface area (Å²) >= 11 is 0. The molecule has 0 spiro atoms. The zero-order chi connectivity index (χ0) is 15.7. The van der Waals surface area contributed by atoms with Crippen LogP contribution in [0.4, 0.5) is 13.2 Å². The van der Waals surface area contributed by atoms with E-state index < -0.39 is 11.7 Å². The van der Waals surface area contributed by atoms with Gasteiger partial charge < -0.3 is 5.32 Å². The summed E-state index contributed by atoms with van der Waals surface area (Å²) in [5.41, 5.74) is 0.167. The van der Waals surface area contributed by atoms with E-state index in [9.17, 15) is 18.0 Å². The molecule has 120 valence electrons. The van der Waals surface area contributed by atoms with E-state index in [4.69, 9.17) is 0 Å². The van der Waals surface area contributed by atoms with Crippen molar-refractivity contribution in [3.05, 3.63) is 35.4 Å². The largest absolute Gasteiger partial charge is 0.416 e. The van der Waals surface area contributed by atoms with Gasteiger partial charge in [0.2, 0.25) is 5.91 Å². The van der Waals surface area contributed by atoms with Gasteiger partial charge in [-0.15, -0.1) is 0 Å². The summed E-state index contributed by atoms with van der Waals surface area (Å²) in [5, 5.41) is 2.95. The van der Waals surface area contributed by atoms with E-state index >= 15 is 0 Å². The van der Waals surface area contributed by atoms with Crippen LogP contribution >= 0.6 is 0 Å². The van der Waals surface area contributed by atoms with Crippen molar-refractivity contribution in [1.82, 2.24) is 10.2 Å². The van der Waals surface area contributed by atoms with Crippen LogP contribution in [0, 0.1) is 0 Å². The van der Waals surface area contributed by atoms with Gasteiger partial charge in [-0.05, 0) is 43.4 Å². The van der Waals surface area contributed by atoms with E-state index in [1.807, 2.05) is 0 Å². The maximum Gasteiger partial charge on any atom is 0.416 e. The van der Waals surface area contributed by atoms with E-state index in [1.54, 1.807) is 0 Å². The molecule has 6 heteroatoms. The van der Waals surface area contributed by atoms with Gasteiger partial charge in [0.1, 0.15) is 0 Å². The van der Waals surface area contributed by atoms with E-state index in [-0.39, 0.29) is 5.91 Å². The molecule has 1 N–H and O–H groups in total. The van der Waals surface area contributed by atoms with Crippen molar-refractivity contribution in [3.63, 3.8) is 0 Å². The second-order valence-electron chi connectivity index (χ2n) is 6.17. The Hall–Kier alpha value is -1.56. The molecule has 2 fully saturated rings. The molecule has 0 radical (unpaired) electrons. The van der Waals surface area contributed by atoms with E-state index in [1.165, 1.54) is 12.1 Å². The third kappa shape index (κ3) is 4.22. The van der Waals surface area contributed by atoms with Crippen molar-refractivity contribution in [1.29, 1.82) is 0 Å². The monoisotopic (exact) mass is 312 g/mol. The van der Waals surface area contributed by atoms with Crippen molar-refractivity contribution in [3.8, 4) is 0 Å². The molecule has 0 aliphatic heterocycles. The lowest BCUT2D eigenvalue weighted by Gasteiger charge is -2.21. The van der Waals surface area contributed by atoms with Crippen molar-refractivity contribution < 1.29 is 18.0 Å². The summed E-state index contributed by atoms with van der Waals surface area (Å²) in [4.78, 5) is 14.0. The zero-order valence-electron chi connectivity index (χ0n) is 12.2. The Labute approximate surface area is 127 Å². The van der Waals surface area contributed by atoms with Gasteiger partial charge in [-0.2, -0.15) is 13.2 Å². The topological polar surface area (TPSA) is 32.3 Å². The molecule has 0 bridgehead atoms. The third-order valence-electron chi connectivity index (χ3n) is 4.02. The standard InChI is InChI=1S/C16H19F3N2O/c17-16(18,19)12-3-1-11(2-4-12)9-21(14-7-8-14)10-15(22)20-13-5-6-13/h1-4,13-14H,5-10H2,(H,20,22). The summed E-state index contributed by atoms with van der Waals surface area (Å²) in [6.45, 7) is 0.836. The van der Waals surface area contributed by atoms with Crippen LogP contribution in [-0.2, 0) is 17.5 Å². The Morgan fingerprint density at radius 1 is 1.14 bits per heavy atom. The Kier molecular flexibility index (Phi) is 4.12. The quantitative estimate of drug-likeness (QED) is 0.876. The highest BCUT2D eigenvalue weighted by atomic mass is 19.4. The van der Waals surface area contributed by atoms with Gasteiger partial charge in [-0.1, -0.05) is 12.1 Å². The number of hydrogen-bond donors (Lipinski definition) is 1. The van der Waals surface area contributed by atoms with Gasteiger partial charge in [-0.3, -0.25) is 9.69 Å². The predicted molar refractivity (Wildman–Crippen MR) is 76.0 cm³/mol. The number of carbonyl (C=O) groups excluding carboxylic acids is 1. The summed E-state index contributed by atoms with van der Waals surface area (Å²) in [5.74, 6) is 0.0151. The van der Waals surface area contributed by atoms with Crippen molar-refractivity contribution in [2.24, 2.45) is 0 Å². The van der Waals surface area contributed by atoms with Gasteiger partial charge in [0.25, 0.3) is 0 Å². The summed E-state index contributed by atoms with van der Waals surface area (Å²) in [6.07, 6.45) is -0.101. The van der Waals surface area contributed by atoms with E-state index in [2.05, 4.69) is 10.2 Å². The molecule has 2 aliphatic carbocycles. The second kappa shape index (κ2) is 5.91. The van der Waals surface area contributed by atoms with Crippen LogP contribution in [0.15, 0.2) is 24.3 Å². The minimum atomic E-state index is -4.31. The van der Waals surface area contributed by atoms with Gasteiger partial charge in [0.05, 0.1) is 12.1 Å². The van der Waals surface area contributed by atoms with Crippen LogP contribution in [0.3, 0.4) is 0 Å². The molecule has 1 aromatic carbocycles. The van der Waals surface area contributed by atoms with Crippen LogP contribution in [-0.4, -0.2) is 29.4 Å². The summed E-state index contributed by atoms with van der Waals surface area (Å²) in [6, 6.07) is 5.91. The lowest BCUT2D eigenvalue weighted by Crippen LogP contribution is -2.38. The maximum atomic E-state index is 12.6. The molecular weight excluding hydrogens is 293 g/mol. The van der Waals surface area contributed by atoms with Gasteiger partial charge in [0.15, 0.2) is 0 Å². The lowest BCUT2D eigenvalue weighted by molar-refractivity contribution is -0.137. The lowest BCUT2D eigenvalue weighted by atomic mass is 10.1. The first kappa shape index (κ1) is 15.3. The van der Waals surface area contributed by atoms with Crippen LogP contribution < -0.4 is 5.32 Å². The van der Waals surface area contributed by atoms with E-state index in [0.29, 0.717) is 25.2 Å². The summed E-state index contributed by atoms with van der Waals surface area (Å²) < 4.78 is 37.7. The molecule has 2 aliphatic rings. The summed E-state index contributed by atoms with van der Waals surface area (Å²) in [7, 11) is 0. The molecule has 0 unspecified atom stereocenters. The number of hydrogen-bond acceptors (Lipinski definition) is 2. The van der Waals surface area contributed by atoms with Crippen molar-refractivity contribution >= 4 is 5.91 Å². The molecule has 3 nitrogen and oxygen atoms in total. The van der Waals surface area contributed by atoms with Crippen molar-refractivity contribution in [2.45, 2.75) is 50.5 Å². The maximum absolute atomic E-state index is 12.6. The highest BCUT2D eigenvalue weighted by molar-refractivity contribution is 5.78. The Bertz CT molecular complexity index is 533. The predicted octanol–water partition coefficient (Wildman–Crippen LogP) is 2.95. The van der Waals surface area contributed by atoms with Crippen molar-refractivity contribution in [2.75, 3.05) is 6.54 Å². The molecule has 0 heterocycles. The molecule has 22 heavy (non-hydrogen) atoms. The fraction of sp³-hybridized carbons (Fsp3) is 0.562. The first-order valence-corrected chi connectivity index (χ1v) is 7.61. The van der Waals surface area contributed by atoms with Gasteiger partial charge in [0, 0.05) is 18.6 Å². The van der Waals surface area contributed by atoms with E-state index in [0.717, 1.165) is 43.4 Å². The number of nitrogens with zero attached hydrogens (tertiary/aromatic N) is 1. The highest BCUT2D eigenvalue weighted by Crippen LogP contribution is 2.31. The number of rotatable bonds is 6. The highest BCUT2D eigenvalue weighted by Gasteiger charge is 2.32. The Morgan fingerprint density at radius 3 is 2.27 bits per heavy atom. The molecule has 2 saturated carbocycles. The number of carbonyl (C=O) groups is 1. The smallest absolute Gasteiger partial charge is 0.352 e. The fourth-order valence-corrected chi connectivity index (χ4v) is 2.47. The zero-order valence-corrected chi connectivity index (χ0v) is 12.2. The number of amides is 1. The minimum Gasteiger partial charge on any atom is -0.352 e.